The number of carbonyl (C=O) groups is 2. The van der Waals surface area contributed by atoms with Gasteiger partial charge in [0.15, 0.2) is 0 Å². The van der Waals surface area contributed by atoms with Crippen molar-refractivity contribution in [2.75, 3.05) is 24.3 Å². The van der Waals surface area contributed by atoms with Gasteiger partial charge in [0.05, 0.1) is 6.04 Å². The van der Waals surface area contributed by atoms with Crippen LogP contribution in [-0.4, -0.2) is 25.9 Å². The number of nitrogens with one attached hydrogen (secondary N) is 2. The van der Waals surface area contributed by atoms with Crippen LogP contribution < -0.4 is 15.5 Å². The molecule has 0 radical (unpaired) electrons. The second kappa shape index (κ2) is 7.60. The minimum atomic E-state index is -0.121. The molecule has 0 aromatic heterocycles. The Morgan fingerprint density at radius 2 is 1.62 bits per heavy atom. The van der Waals surface area contributed by atoms with Crippen molar-refractivity contribution >= 4 is 23.2 Å². The van der Waals surface area contributed by atoms with Crippen LogP contribution >= 0.6 is 0 Å². The maximum atomic E-state index is 12.4. The number of carbonyl (C=O) groups excluding carboxylic acids is 2. The van der Waals surface area contributed by atoms with Gasteiger partial charge in [-0.1, -0.05) is 12.1 Å². The molecule has 26 heavy (non-hydrogen) atoms. The molecule has 0 heterocycles. The molecule has 0 aliphatic heterocycles. The number of nitrogens with zero attached hydrogens (tertiary/aromatic N) is 1. The summed E-state index contributed by atoms with van der Waals surface area (Å²) in [4.78, 5) is 26.2. The first-order valence-electron chi connectivity index (χ1n) is 8.93. The first kappa shape index (κ1) is 18.0. The molecule has 2 amide bonds. The van der Waals surface area contributed by atoms with Gasteiger partial charge >= 0.3 is 0 Å². The predicted molar refractivity (Wildman–Crippen MR) is 104 cm³/mol. The van der Waals surface area contributed by atoms with Crippen LogP contribution in [0.1, 0.15) is 41.7 Å². The fourth-order valence-corrected chi connectivity index (χ4v) is 2.72. The summed E-state index contributed by atoms with van der Waals surface area (Å²) in [6.45, 7) is 1.95. The van der Waals surface area contributed by atoms with Gasteiger partial charge in [-0.05, 0) is 61.7 Å². The Morgan fingerprint density at radius 3 is 2.15 bits per heavy atom. The van der Waals surface area contributed by atoms with E-state index in [1.54, 1.807) is 0 Å². The molecule has 1 unspecified atom stereocenters. The summed E-state index contributed by atoms with van der Waals surface area (Å²) >= 11 is 0. The molecule has 136 valence electrons. The largest absolute Gasteiger partial charge is 0.378 e. The third-order valence-corrected chi connectivity index (χ3v) is 4.62. The fourth-order valence-electron chi connectivity index (χ4n) is 2.72. The highest BCUT2D eigenvalue weighted by atomic mass is 16.2. The normalized spacial score (nSPS) is 14.4. The fraction of sp³-hybridized carbons (Fsp3) is 0.333. The van der Waals surface area contributed by atoms with E-state index in [2.05, 4.69) is 10.6 Å². The number of anilines is 2. The molecule has 5 nitrogen and oxygen atoms in total. The SMILES string of the molecule is CC(NC(=O)c1ccc(N(C)C)cc1)c1ccc(NC(=O)C2CC2)cc1. The van der Waals surface area contributed by atoms with E-state index in [1.165, 1.54) is 0 Å². The first-order valence-corrected chi connectivity index (χ1v) is 8.93. The van der Waals surface area contributed by atoms with E-state index < -0.39 is 0 Å². The van der Waals surface area contributed by atoms with Crippen LogP contribution in [0.4, 0.5) is 11.4 Å². The zero-order valence-electron chi connectivity index (χ0n) is 15.5. The lowest BCUT2D eigenvalue weighted by Crippen LogP contribution is -2.26. The Bertz CT molecular complexity index is 778. The Morgan fingerprint density at radius 1 is 1.00 bits per heavy atom. The van der Waals surface area contributed by atoms with Crippen molar-refractivity contribution in [2.24, 2.45) is 5.92 Å². The Balaban J connectivity index is 1.58. The molecule has 1 saturated carbocycles. The molecule has 1 aliphatic carbocycles. The number of benzene rings is 2. The minimum absolute atomic E-state index is 0.0975. The average molecular weight is 351 g/mol. The second-order valence-electron chi connectivity index (χ2n) is 7.02. The van der Waals surface area contributed by atoms with E-state index in [0.717, 1.165) is 29.8 Å². The summed E-state index contributed by atoms with van der Waals surface area (Å²) < 4.78 is 0. The lowest BCUT2D eigenvalue weighted by molar-refractivity contribution is -0.117. The van der Waals surface area contributed by atoms with Crippen LogP contribution in [0.5, 0.6) is 0 Å². The molecule has 0 saturated heterocycles. The standard InChI is InChI=1S/C21H25N3O2/c1-14(22-20(25)17-8-12-19(13-9-17)24(2)3)15-6-10-18(11-7-15)23-21(26)16-4-5-16/h6-14,16H,4-5H2,1-3H3,(H,22,25)(H,23,26). The van der Waals surface area contributed by atoms with Gasteiger partial charge in [0, 0.05) is 37.0 Å². The van der Waals surface area contributed by atoms with Crippen LogP contribution in [0.15, 0.2) is 48.5 Å². The highest BCUT2D eigenvalue weighted by Crippen LogP contribution is 2.30. The summed E-state index contributed by atoms with van der Waals surface area (Å²) in [6.07, 6.45) is 1.98. The molecule has 5 heteroatoms. The lowest BCUT2D eigenvalue weighted by atomic mass is 10.1. The molecule has 2 N–H and O–H groups in total. The Hall–Kier alpha value is -2.82. The molecule has 2 aromatic carbocycles. The summed E-state index contributed by atoms with van der Waals surface area (Å²) in [5, 5.41) is 5.93. The molecule has 0 bridgehead atoms. The Labute approximate surface area is 154 Å². The van der Waals surface area contributed by atoms with Gasteiger partial charge < -0.3 is 15.5 Å². The summed E-state index contributed by atoms with van der Waals surface area (Å²) in [5.41, 5.74) is 3.48. The van der Waals surface area contributed by atoms with Gasteiger partial charge in [0.1, 0.15) is 0 Å². The number of amides is 2. The van der Waals surface area contributed by atoms with Gasteiger partial charge in [-0.3, -0.25) is 9.59 Å². The van der Waals surface area contributed by atoms with Gasteiger partial charge in [0.2, 0.25) is 5.91 Å². The maximum Gasteiger partial charge on any atom is 0.251 e. The minimum Gasteiger partial charge on any atom is -0.378 e. The molecular weight excluding hydrogens is 326 g/mol. The molecule has 1 fully saturated rings. The first-order chi connectivity index (χ1) is 12.4. The third kappa shape index (κ3) is 4.42. The van der Waals surface area contributed by atoms with Crippen molar-refractivity contribution < 1.29 is 9.59 Å². The van der Waals surface area contributed by atoms with E-state index >= 15 is 0 Å². The van der Waals surface area contributed by atoms with Gasteiger partial charge in [0.25, 0.3) is 5.91 Å². The van der Waals surface area contributed by atoms with Crippen LogP contribution in [0, 0.1) is 5.92 Å². The van der Waals surface area contributed by atoms with E-state index in [4.69, 9.17) is 0 Å². The van der Waals surface area contributed by atoms with Crippen LogP contribution in [0.25, 0.3) is 0 Å². The molecule has 3 rings (SSSR count). The number of hydrogen-bond acceptors (Lipinski definition) is 3. The van der Waals surface area contributed by atoms with Crippen LogP contribution in [0.3, 0.4) is 0 Å². The highest BCUT2D eigenvalue weighted by molar-refractivity contribution is 5.95. The van der Waals surface area contributed by atoms with Gasteiger partial charge in [-0.2, -0.15) is 0 Å². The van der Waals surface area contributed by atoms with Gasteiger partial charge in [-0.15, -0.1) is 0 Å². The zero-order valence-corrected chi connectivity index (χ0v) is 15.5. The number of hydrogen-bond donors (Lipinski definition) is 2. The molecule has 0 spiro atoms. The third-order valence-electron chi connectivity index (χ3n) is 4.62. The Kier molecular flexibility index (Phi) is 5.26. The van der Waals surface area contributed by atoms with Crippen LogP contribution in [-0.2, 0) is 4.79 Å². The topological polar surface area (TPSA) is 61.4 Å². The van der Waals surface area contributed by atoms with E-state index in [-0.39, 0.29) is 23.8 Å². The van der Waals surface area contributed by atoms with Crippen molar-refractivity contribution in [1.82, 2.24) is 5.32 Å². The summed E-state index contributed by atoms with van der Waals surface area (Å²) in [7, 11) is 3.93. The zero-order chi connectivity index (χ0) is 18.7. The van der Waals surface area contributed by atoms with Crippen molar-refractivity contribution in [3.05, 3.63) is 59.7 Å². The van der Waals surface area contributed by atoms with Crippen molar-refractivity contribution in [2.45, 2.75) is 25.8 Å². The van der Waals surface area contributed by atoms with Gasteiger partial charge in [-0.25, -0.2) is 0 Å². The predicted octanol–water partition coefficient (Wildman–Crippen LogP) is 3.59. The summed E-state index contributed by atoms with van der Waals surface area (Å²) in [6, 6.07) is 15.0. The van der Waals surface area contributed by atoms with E-state index in [1.807, 2.05) is 74.4 Å². The average Bonchev–Trinajstić information content (AvgIpc) is 3.47. The quantitative estimate of drug-likeness (QED) is 0.836. The monoisotopic (exact) mass is 351 g/mol. The highest BCUT2D eigenvalue weighted by Gasteiger charge is 2.29. The van der Waals surface area contributed by atoms with E-state index in [9.17, 15) is 9.59 Å². The molecular formula is C21H25N3O2. The van der Waals surface area contributed by atoms with E-state index in [0.29, 0.717) is 5.56 Å². The van der Waals surface area contributed by atoms with Crippen molar-refractivity contribution in [3.63, 3.8) is 0 Å². The molecule has 1 atom stereocenters. The smallest absolute Gasteiger partial charge is 0.251 e. The maximum absolute atomic E-state index is 12.4. The van der Waals surface area contributed by atoms with Crippen LogP contribution in [0.2, 0.25) is 0 Å². The van der Waals surface area contributed by atoms with Crippen molar-refractivity contribution in [3.8, 4) is 0 Å². The molecule has 2 aromatic rings. The second-order valence-corrected chi connectivity index (χ2v) is 7.02. The van der Waals surface area contributed by atoms with Crippen molar-refractivity contribution in [1.29, 1.82) is 0 Å². The lowest BCUT2D eigenvalue weighted by Gasteiger charge is -2.16. The number of rotatable bonds is 6. The molecule has 1 aliphatic rings. The summed E-state index contributed by atoms with van der Waals surface area (Å²) in [5.74, 6) is 0.181.